The Labute approximate surface area is 207 Å². The number of benzene rings is 1. The Bertz CT molecular complexity index is 1200. The van der Waals surface area contributed by atoms with Crippen LogP contribution in [0.5, 0.6) is 5.75 Å². The van der Waals surface area contributed by atoms with Gasteiger partial charge in [-0.1, -0.05) is 0 Å². The molecule has 2 aromatic heterocycles. The number of anilines is 2. The third-order valence-electron chi connectivity index (χ3n) is 5.60. The van der Waals surface area contributed by atoms with Crippen LogP contribution in [-0.4, -0.2) is 47.1 Å². The maximum absolute atomic E-state index is 13.1. The molecule has 0 saturated carbocycles. The van der Waals surface area contributed by atoms with E-state index in [-0.39, 0.29) is 19.2 Å². The van der Waals surface area contributed by atoms with Gasteiger partial charge < -0.3 is 19.9 Å². The van der Waals surface area contributed by atoms with Crippen molar-refractivity contribution in [3.8, 4) is 5.75 Å². The van der Waals surface area contributed by atoms with Crippen LogP contribution in [-0.2, 0) is 19.0 Å². The number of pyridine rings is 2. The number of nitrogens with zero attached hydrogens (tertiary/aromatic N) is 4. The number of piperazine rings is 1. The average Bonchev–Trinajstić information content (AvgIpc) is 2.87. The highest BCUT2D eigenvalue weighted by Gasteiger charge is 2.37. The van der Waals surface area contributed by atoms with Crippen LogP contribution in [0, 0.1) is 0 Å². The number of halogens is 6. The fourth-order valence-corrected chi connectivity index (χ4v) is 3.72. The SMILES string of the molecule is O=C(Nc1cc(C(F)(F)F)cc(C(F)(F)F)c1)N1CCN(c2ncccc2OCc2ccncc2)CC1. The van der Waals surface area contributed by atoms with Gasteiger partial charge >= 0.3 is 18.4 Å². The van der Waals surface area contributed by atoms with Crippen molar-refractivity contribution in [3.63, 3.8) is 0 Å². The largest absolute Gasteiger partial charge is 0.485 e. The van der Waals surface area contributed by atoms with Crippen LogP contribution in [0.25, 0.3) is 0 Å². The Morgan fingerprint density at radius 2 is 1.51 bits per heavy atom. The normalized spacial score (nSPS) is 14.4. The summed E-state index contributed by atoms with van der Waals surface area (Å²) in [6, 6.07) is 7.27. The number of carbonyl (C=O) groups excluding carboxylic acids is 1. The number of amides is 2. The van der Waals surface area contributed by atoms with E-state index in [0.29, 0.717) is 43.4 Å². The molecule has 37 heavy (non-hydrogen) atoms. The summed E-state index contributed by atoms with van der Waals surface area (Å²) in [6.45, 7) is 1.27. The number of rotatable bonds is 5. The lowest BCUT2D eigenvalue weighted by Crippen LogP contribution is -2.50. The van der Waals surface area contributed by atoms with Gasteiger partial charge in [0, 0.05) is 50.5 Å². The molecule has 3 heterocycles. The van der Waals surface area contributed by atoms with Crippen molar-refractivity contribution < 1.29 is 35.9 Å². The summed E-state index contributed by atoms with van der Waals surface area (Å²) in [4.78, 5) is 24.2. The number of hydrogen-bond donors (Lipinski definition) is 1. The molecule has 4 rings (SSSR count). The average molecular weight is 525 g/mol. The van der Waals surface area contributed by atoms with Crippen molar-refractivity contribution in [2.45, 2.75) is 19.0 Å². The second-order valence-corrected chi connectivity index (χ2v) is 8.17. The summed E-state index contributed by atoms with van der Waals surface area (Å²) >= 11 is 0. The Morgan fingerprint density at radius 1 is 0.892 bits per heavy atom. The molecular formula is C24H21F6N5O2. The highest BCUT2D eigenvalue weighted by atomic mass is 19.4. The summed E-state index contributed by atoms with van der Waals surface area (Å²) in [5.74, 6) is 1.09. The Kier molecular flexibility index (Phi) is 7.41. The molecule has 1 saturated heterocycles. The zero-order chi connectivity index (χ0) is 26.6. The van der Waals surface area contributed by atoms with Crippen molar-refractivity contribution in [2.24, 2.45) is 0 Å². The lowest BCUT2D eigenvalue weighted by Gasteiger charge is -2.36. The van der Waals surface area contributed by atoms with Gasteiger partial charge in [-0.2, -0.15) is 26.3 Å². The van der Waals surface area contributed by atoms with Crippen LogP contribution in [0.4, 0.5) is 42.6 Å². The van der Waals surface area contributed by atoms with E-state index in [1.165, 1.54) is 4.90 Å². The Balaban J connectivity index is 1.40. The number of carbonyl (C=O) groups is 1. The van der Waals surface area contributed by atoms with Crippen molar-refractivity contribution in [1.82, 2.24) is 14.9 Å². The molecular weight excluding hydrogens is 504 g/mol. The lowest BCUT2D eigenvalue weighted by molar-refractivity contribution is -0.143. The van der Waals surface area contributed by atoms with Gasteiger partial charge in [0.05, 0.1) is 11.1 Å². The van der Waals surface area contributed by atoms with E-state index >= 15 is 0 Å². The number of aromatic nitrogens is 2. The van der Waals surface area contributed by atoms with Gasteiger partial charge in [0.1, 0.15) is 6.61 Å². The molecule has 1 aliphatic rings. The standard InChI is InChI=1S/C24H21F6N5O2/c25-23(26,27)17-12-18(24(28,29)30)14-19(13-17)33-22(36)35-10-8-34(9-11-35)21-20(2-1-5-32-21)37-15-16-3-6-31-7-4-16/h1-7,12-14H,8-11,15H2,(H,33,36). The maximum atomic E-state index is 13.1. The molecule has 7 nitrogen and oxygen atoms in total. The molecule has 0 aliphatic carbocycles. The zero-order valence-corrected chi connectivity index (χ0v) is 19.2. The smallest absolute Gasteiger partial charge is 0.416 e. The first kappa shape index (κ1) is 26.0. The molecule has 2 amide bonds. The first-order valence-corrected chi connectivity index (χ1v) is 11.1. The van der Waals surface area contributed by atoms with Crippen molar-refractivity contribution >= 4 is 17.5 Å². The molecule has 1 N–H and O–H groups in total. The van der Waals surface area contributed by atoms with E-state index in [2.05, 4.69) is 15.3 Å². The van der Waals surface area contributed by atoms with Crippen LogP contribution in [0.1, 0.15) is 16.7 Å². The minimum atomic E-state index is -5.01. The van der Waals surface area contributed by atoms with Gasteiger partial charge in [0.2, 0.25) is 0 Å². The summed E-state index contributed by atoms with van der Waals surface area (Å²) in [6.07, 6.45) is -5.12. The minimum Gasteiger partial charge on any atom is -0.485 e. The van der Waals surface area contributed by atoms with E-state index in [1.54, 1.807) is 30.7 Å². The molecule has 0 radical (unpaired) electrons. The van der Waals surface area contributed by atoms with Crippen molar-refractivity contribution in [2.75, 3.05) is 36.4 Å². The number of ether oxygens (including phenoxy) is 1. The molecule has 1 fully saturated rings. The van der Waals surface area contributed by atoms with Gasteiger partial charge in [0.15, 0.2) is 11.6 Å². The Hall–Kier alpha value is -4.03. The molecule has 1 aliphatic heterocycles. The first-order valence-electron chi connectivity index (χ1n) is 11.1. The van der Waals surface area contributed by atoms with E-state index in [9.17, 15) is 31.1 Å². The predicted octanol–water partition coefficient (Wildman–Crippen LogP) is 5.45. The van der Waals surface area contributed by atoms with E-state index < -0.39 is 35.2 Å². The number of nitrogens with one attached hydrogen (secondary N) is 1. The van der Waals surface area contributed by atoms with Crippen molar-refractivity contribution in [3.05, 3.63) is 77.7 Å². The molecule has 0 unspecified atom stereocenters. The third kappa shape index (κ3) is 6.60. The predicted molar refractivity (Wildman–Crippen MR) is 122 cm³/mol. The Morgan fingerprint density at radius 3 is 2.11 bits per heavy atom. The number of hydrogen-bond acceptors (Lipinski definition) is 5. The fraction of sp³-hybridized carbons (Fsp3) is 0.292. The summed E-state index contributed by atoms with van der Waals surface area (Å²) in [7, 11) is 0. The highest BCUT2D eigenvalue weighted by Crippen LogP contribution is 2.37. The number of urea groups is 1. The molecule has 0 atom stereocenters. The summed E-state index contributed by atoms with van der Waals surface area (Å²) < 4.78 is 84.5. The van der Waals surface area contributed by atoms with Gasteiger partial charge in [-0.05, 0) is 48.0 Å². The number of alkyl halides is 6. The molecule has 1 aromatic carbocycles. The fourth-order valence-electron chi connectivity index (χ4n) is 3.72. The second-order valence-electron chi connectivity index (χ2n) is 8.17. The second kappa shape index (κ2) is 10.5. The van der Waals surface area contributed by atoms with Gasteiger partial charge in [0.25, 0.3) is 0 Å². The van der Waals surface area contributed by atoms with Gasteiger partial charge in [-0.25, -0.2) is 9.78 Å². The van der Waals surface area contributed by atoms with Crippen LogP contribution in [0.3, 0.4) is 0 Å². The maximum Gasteiger partial charge on any atom is 0.416 e. The first-order chi connectivity index (χ1) is 17.5. The zero-order valence-electron chi connectivity index (χ0n) is 19.2. The van der Waals surface area contributed by atoms with Crippen molar-refractivity contribution in [1.29, 1.82) is 0 Å². The van der Waals surface area contributed by atoms with Gasteiger partial charge in [-0.3, -0.25) is 4.98 Å². The molecule has 0 bridgehead atoms. The van der Waals surface area contributed by atoms with E-state index in [0.717, 1.165) is 5.56 Å². The topological polar surface area (TPSA) is 70.6 Å². The molecule has 0 spiro atoms. The van der Waals surface area contributed by atoms with Crippen LogP contribution in [0.15, 0.2) is 61.1 Å². The molecule has 3 aromatic rings. The highest BCUT2D eigenvalue weighted by molar-refractivity contribution is 5.89. The summed E-state index contributed by atoms with van der Waals surface area (Å²) in [5.41, 5.74) is -2.69. The van der Waals surface area contributed by atoms with Crippen LogP contribution >= 0.6 is 0 Å². The van der Waals surface area contributed by atoms with Crippen LogP contribution < -0.4 is 15.0 Å². The third-order valence-corrected chi connectivity index (χ3v) is 5.60. The lowest BCUT2D eigenvalue weighted by atomic mass is 10.1. The van der Waals surface area contributed by atoms with Crippen LogP contribution in [0.2, 0.25) is 0 Å². The minimum absolute atomic E-state index is 0.00955. The van der Waals surface area contributed by atoms with E-state index in [1.807, 2.05) is 17.0 Å². The van der Waals surface area contributed by atoms with Gasteiger partial charge in [-0.15, -0.1) is 0 Å². The summed E-state index contributed by atoms with van der Waals surface area (Å²) in [5, 5.41) is 2.16. The molecule has 13 heteroatoms. The van der Waals surface area contributed by atoms with E-state index in [4.69, 9.17) is 4.74 Å². The monoisotopic (exact) mass is 525 g/mol. The quantitative estimate of drug-likeness (QED) is 0.449. The molecule has 196 valence electrons.